The van der Waals surface area contributed by atoms with Crippen molar-refractivity contribution >= 4 is 23.4 Å². The van der Waals surface area contributed by atoms with E-state index in [1.807, 2.05) is 39.0 Å². The van der Waals surface area contributed by atoms with Crippen molar-refractivity contribution in [2.75, 3.05) is 17.6 Å². The van der Waals surface area contributed by atoms with Gasteiger partial charge in [-0.25, -0.2) is 0 Å². The minimum Gasteiger partial charge on any atom is -0.481 e. The average molecular weight is 306 g/mol. The highest BCUT2D eigenvalue weighted by molar-refractivity contribution is 7.99. The third kappa shape index (κ3) is 3.92. The number of aliphatic carboxylic acids is 1. The highest BCUT2D eigenvalue weighted by Gasteiger charge is 2.34. The first kappa shape index (κ1) is 17.4. The maximum Gasteiger partial charge on any atom is 0.311 e. The van der Waals surface area contributed by atoms with Crippen molar-refractivity contribution in [1.29, 1.82) is 5.26 Å². The van der Waals surface area contributed by atoms with Gasteiger partial charge in [-0.15, -0.1) is 11.8 Å². The van der Waals surface area contributed by atoms with Gasteiger partial charge in [-0.3, -0.25) is 4.79 Å². The van der Waals surface area contributed by atoms with Gasteiger partial charge in [-0.05, 0) is 30.7 Å². The quantitative estimate of drug-likeness (QED) is 0.711. The summed E-state index contributed by atoms with van der Waals surface area (Å²) in [6.07, 6.45) is 1.11. The average Bonchev–Trinajstić information content (AvgIpc) is 2.49. The molecule has 0 saturated heterocycles. The van der Waals surface area contributed by atoms with Gasteiger partial charge >= 0.3 is 5.97 Å². The number of hydrogen-bond donors (Lipinski definition) is 2. The Labute approximate surface area is 130 Å². The normalized spacial score (nSPS) is 11.0. The molecule has 114 valence electrons. The predicted octanol–water partition coefficient (Wildman–Crippen LogP) is 3.97. The van der Waals surface area contributed by atoms with Crippen molar-refractivity contribution in [3.63, 3.8) is 0 Å². The molecule has 2 N–H and O–H groups in total. The van der Waals surface area contributed by atoms with Crippen LogP contribution in [0.1, 0.15) is 39.2 Å². The molecule has 0 saturated carbocycles. The first-order chi connectivity index (χ1) is 10.0. The summed E-state index contributed by atoms with van der Waals surface area (Å²) in [5, 5.41) is 22.0. The summed E-state index contributed by atoms with van der Waals surface area (Å²) in [5.74, 6) is 0.0961. The predicted molar refractivity (Wildman–Crippen MR) is 86.7 cm³/mol. The minimum atomic E-state index is -0.794. The molecule has 0 spiro atoms. The number of carboxylic acid groups (broad SMARTS) is 1. The third-order valence-corrected chi connectivity index (χ3v) is 4.80. The first-order valence-corrected chi connectivity index (χ1v) is 8.16. The second-order valence-corrected chi connectivity index (χ2v) is 6.18. The van der Waals surface area contributed by atoms with E-state index in [1.54, 1.807) is 11.8 Å². The van der Waals surface area contributed by atoms with Crippen LogP contribution in [0.15, 0.2) is 23.1 Å². The van der Waals surface area contributed by atoms with Gasteiger partial charge in [-0.1, -0.05) is 26.8 Å². The molecule has 0 aromatic heterocycles. The molecule has 0 aliphatic carbocycles. The molecule has 1 rings (SSSR count). The molecule has 0 unspecified atom stereocenters. The van der Waals surface area contributed by atoms with E-state index in [4.69, 9.17) is 0 Å². The van der Waals surface area contributed by atoms with Gasteiger partial charge in [-0.2, -0.15) is 5.26 Å². The molecule has 21 heavy (non-hydrogen) atoms. The Balaban J connectivity index is 3.01. The van der Waals surface area contributed by atoms with E-state index < -0.39 is 11.4 Å². The molecule has 0 heterocycles. The summed E-state index contributed by atoms with van der Waals surface area (Å²) in [7, 11) is 0. The van der Waals surface area contributed by atoms with Crippen LogP contribution in [-0.4, -0.2) is 23.4 Å². The van der Waals surface area contributed by atoms with Crippen LogP contribution in [0.4, 0.5) is 5.69 Å². The SMILES string of the molecule is CCSc1cccc(NCC(CC)(CC)C(=O)O)c1C#N. The molecule has 5 heteroatoms. The van der Waals surface area contributed by atoms with E-state index in [-0.39, 0.29) is 0 Å². The molecular weight excluding hydrogens is 284 g/mol. The van der Waals surface area contributed by atoms with Crippen molar-refractivity contribution in [2.45, 2.75) is 38.5 Å². The number of nitrogens with zero attached hydrogens (tertiary/aromatic N) is 1. The number of benzene rings is 1. The fraction of sp³-hybridized carbons (Fsp3) is 0.500. The maximum atomic E-state index is 11.5. The van der Waals surface area contributed by atoms with Crippen LogP contribution >= 0.6 is 11.8 Å². The summed E-state index contributed by atoms with van der Waals surface area (Å²) < 4.78 is 0. The Morgan fingerprint density at radius 1 is 1.38 bits per heavy atom. The molecule has 1 aromatic carbocycles. The van der Waals surface area contributed by atoms with Gasteiger partial charge in [0, 0.05) is 11.4 Å². The Bertz CT molecular complexity index is 534. The summed E-state index contributed by atoms with van der Waals surface area (Å²) in [4.78, 5) is 12.4. The number of thioether (sulfide) groups is 1. The lowest BCUT2D eigenvalue weighted by Gasteiger charge is -2.27. The number of carbonyl (C=O) groups is 1. The van der Waals surface area contributed by atoms with Crippen LogP contribution in [0.5, 0.6) is 0 Å². The lowest BCUT2D eigenvalue weighted by molar-refractivity contribution is -0.148. The molecular formula is C16H22N2O2S. The smallest absolute Gasteiger partial charge is 0.311 e. The largest absolute Gasteiger partial charge is 0.481 e. The minimum absolute atomic E-state index is 0.324. The van der Waals surface area contributed by atoms with Crippen LogP contribution in [0.2, 0.25) is 0 Å². The number of nitrogens with one attached hydrogen (secondary N) is 1. The van der Waals surface area contributed by atoms with Crippen molar-refractivity contribution in [3.8, 4) is 6.07 Å². The van der Waals surface area contributed by atoms with Crippen molar-refractivity contribution in [1.82, 2.24) is 0 Å². The van der Waals surface area contributed by atoms with E-state index in [2.05, 4.69) is 11.4 Å². The molecule has 4 nitrogen and oxygen atoms in total. The lowest BCUT2D eigenvalue weighted by atomic mass is 9.82. The van der Waals surface area contributed by atoms with Gasteiger partial charge in [0.1, 0.15) is 6.07 Å². The molecule has 0 aliphatic heterocycles. The second-order valence-electron chi connectivity index (χ2n) is 4.87. The van der Waals surface area contributed by atoms with Gasteiger partial charge in [0.25, 0.3) is 0 Å². The molecule has 0 radical (unpaired) electrons. The fourth-order valence-electron chi connectivity index (χ4n) is 2.21. The number of rotatable bonds is 8. The Hall–Kier alpha value is -1.67. The molecule has 1 aromatic rings. The van der Waals surface area contributed by atoms with E-state index in [0.29, 0.717) is 30.6 Å². The number of nitriles is 1. The Morgan fingerprint density at radius 2 is 2.05 bits per heavy atom. The van der Waals surface area contributed by atoms with Gasteiger partial charge in [0.2, 0.25) is 0 Å². The van der Waals surface area contributed by atoms with Crippen molar-refractivity contribution in [3.05, 3.63) is 23.8 Å². The highest BCUT2D eigenvalue weighted by atomic mass is 32.2. The second kappa shape index (κ2) is 7.94. The maximum absolute atomic E-state index is 11.5. The lowest BCUT2D eigenvalue weighted by Crippen LogP contribution is -2.37. The van der Waals surface area contributed by atoms with Crippen LogP contribution in [0, 0.1) is 16.7 Å². The van der Waals surface area contributed by atoms with Crippen molar-refractivity contribution < 1.29 is 9.90 Å². The van der Waals surface area contributed by atoms with Crippen LogP contribution in [0.3, 0.4) is 0 Å². The van der Waals surface area contributed by atoms with E-state index in [9.17, 15) is 15.2 Å². The molecule has 0 aliphatic rings. The number of carboxylic acids is 1. The molecule has 0 fully saturated rings. The van der Waals surface area contributed by atoms with Crippen LogP contribution in [0.25, 0.3) is 0 Å². The topological polar surface area (TPSA) is 73.1 Å². The summed E-state index contributed by atoms with van der Waals surface area (Å²) in [6, 6.07) is 7.86. The van der Waals surface area contributed by atoms with Gasteiger partial charge in [0.05, 0.1) is 16.7 Å². The van der Waals surface area contributed by atoms with E-state index in [1.165, 1.54) is 0 Å². The standard InChI is InChI=1S/C16H22N2O2S/c1-4-16(5-2,15(19)20)11-18-13-8-7-9-14(21-6-3)12(13)10-17/h7-9,18H,4-6,11H2,1-3H3,(H,19,20). The van der Waals surface area contributed by atoms with Crippen LogP contribution < -0.4 is 5.32 Å². The molecule has 0 bridgehead atoms. The van der Waals surface area contributed by atoms with Crippen molar-refractivity contribution in [2.24, 2.45) is 5.41 Å². The third-order valence-electron chi connectivity index (χ3n) is 3.86. The summed E-state index contributed by atoms with van der Waals surface area (Å²) in [6.45, 7) is 6.13. The zero-order valence-corrected chi connectivity index (χ0v) is 13.6. The first-order valence-electron chi connectivity index (χ1n) is 7.17. The monoisotopic (exact) mass is 306 g/mol. The molecule has 0 amide bonds. The summed E-state index contributed by atoms with van der Waals surface area (Å²) >= 11 is 1.61. The molecule has 0 atom stereocenters. The van der Waals surface area contributed by atoms with E-state index in [0.717, 1.165) is 10.6 Å². The number of anilines is 1. The Kier molecular flexibility index (Phi) is 6.57. The van der Waals surface area contributed by atoms with E-state index >= 15 is 0 Å². The highest BCUT2D eigenvalue weighted by Crippen LogP contribution is 2.31. The fourth-order valence-corrected chi connectivity index (χ4v) is 3.00. The van der Waals surface area contributed by atoms with Gasteiger partial charge < -0.3 is 10.4 Å². The van der Waals surface area contributed by atoms with Gasteiger partial charge in [0.15, 0.2) is 0 Å². The Morgan fingerprint density at radius 3 is 2.52 bits per heavy atom. The summed E-state index contributed by atoms with van der Waals surface area (Å²) in [5.41, 5.74) is 0.514. The van der Waals surface area contributed by atoms with Crippen LogP contribution in [-0.2, 0) is 4.79 Å². The number of hydrogen-bond acceptors (Lipinski definition) is 4. The zero-order valence-electron chi connectivity index (χ0n) is 12.8. The zero-order chi connectivity index (χ0) is 15.9.